The highest BCUT2D eigenvalue weighted by molar-refractivity contribution is 5.92. The van der Waals surface area contributed by atoms with E-state index in [2.05, 4.69) is 5.32 Å². The molecular formula is C14H14N2O4. The van der Waals surface area contributed by atoms with Crippen LogP contribution in [0.5, 0.6) is 0 Å². The zero-order valence-corrected chi connectivity index (χ0v) is 11.0. The summed E-state index contributed by atoms with van der Waals surface area (Å²) in [5.74, 6) is 0.529. The normalized spacial score (nSPS) is 10.2. The Hall–Kier alpha value is -2.63. The first-order valence-corrected chi connectivity index (χ1v) is 6.14. The molecule has 0 aliphatic carbocycles. The summed E-state index contributed by atoms with van der Waals surface area (Å²) >= 11 is 0. The second-order valence-corrected chi connectivity index (χ2v) is 4.33. The van der Waals surface area contributed by atoms with Gasteiger partial charge in [-0.3, -0.25) is 14.9 Å². The number of hydrogen-bond acceptors (Lipinski definition) is 4. The maximum atomic E-state index is 11.8. The maximum Gasteiger partial charge on any atom is 0.274 e. The lowest BCUT2D eigenvalue weighted by Gasteiger charge is -2.08. The van der Waals surface area contributed by atoms with E-state index in [-0.39, 0.29) is 18.0 Å². The highest BCUT2D eigenvalue weighted by Gasteiger charge is 2.14. The van der Waals surface area contributed by atoms with E-state index in [1.165, 1.54) is 6.07 Å². The molecule has 0 radical (unpaired) electrons. The minimum atomic E-state index is -0.464. The number of nitro groups is 1. The average Bonchev–Trinajstić information content (AvgIpc) is 2.91. The van der Waals surface area contributed by atoms with Gasteiger partial charge in [0.2, 0.25) is 5.91 Å². The number of aryl methyl sites for hydroxylation is 1. The zero-order valence-electron chi connectivity index (χ0n) is 11.0. The highest BCUT2D eigenvalue weighted by atomic mass is 16.6. The van der Waals surface area contributed by atoms with Crippen molar-refractivity contribution in [3.8, 4) is 0 Å². The van der Waals surface area contributed by atoms with E-state index >= 15 is 0 Å². The van der Waals surface area contributed by atoms with E-state index in [9.17, 15) is 14.9 Å². The molecule has 0 aliphatic heterocycles. The molecule has 0 atom stereocenters. The van der Waals surface area contributed by atoms with Crippen LogP contribution in [0.15, 0.2) is 41.0 Å². The fourth-order valence-corrected chi connectivity index (χ4v) is 1.86. The van der Waals surface area contributed by atoms with E-state index in [0.717, 1.165) is 5.76 Å². The number of rotatable bonds is 5. The van der Waals surface area contributed by atoms with Crippen LogP contribution in [0, 0.1) is 17.0 Å². The predicted molar refractivity (Wildman–Crippen MR) is 73.5 cm³/mol. The van der Waals surface area contributed by atoms with Gasteiger partial charge >= 0.3 is 0 Å². The molecule has 2 rings (SSSR count). The number of hydrogen-bond donors (Lipinski definition) is 1. The van der Waals surface area contributed by atoms with E-state index in [1.54, 1.807) is 37.5 Å². The first-order chi connectivity index (χ1) is 9.58. The number of nitrogens with zero attached hydrogens (tertiary/aromatic N) is 1. The predicted octanol–water partition coefficient (Wildman–Crippen LogP) is 3.07. The average molecular weight is 274 g/mol. The standard InChI is InChI=1S/C14H14N2O4/c1-10-12(5-2-6-13(10)16(18)19)15-14(17)8-7-11-4-3-9-20-11/h2-6,9H,7-8H2,1H3,(H,15,17). The van der Waals surface area contributed by atoms with Gasteiger partial charge in [-0.05, 0) is 25.1 Å². The molecule has 1 heterocycles. The molecular weight excluding hydrogens is 260 g/mol. The van der Waals surface area contributed by atoms with Crippen LogP contribution in [0.1, 0.15) is 17.7 Å². The van der Waals surface area contributed by atoms with Crippen molar-refractivity contribution in [2.24, 2.45) is 0 Å². The molecule has 0 fully saturated rings. The quantitative estimate of drug-likeness (QED) is 0.670. The van der Waals surface area contributed by atoms with E-state index < -0.39 is 4.92 Å². The van der Waals surface area contributed by atoms with Crippen LogP contribution in [0.25, 0.3) is 0 Å². The third-order valence-corrected chi connectivity index (χ3v) is 2.95. The van der Waals surface area contributed by atoms with Crippen molar-refractivity contribution in [3.05, 3.63) is 58.0 Å². The molecule has 6 heteroatoms. The second kappa shape index (κ2) is 6.01. The Balaban J connectivity index is 2.01. The van der Waals surface area contributed by atoms with Crippen LogP contribution in [0.3, 0.4) is 0 Å². The monoisotopic (exact) mass is 274 g/mol. The second-order valence-electron chi connectivity index (χ2n) is 4.33. The van der Waals surface area contributed by atoms with Crippen molar-refractivity contribution >= 4 is 17.3 Å². The molecule has 104 valence electrons. The number of carbonyl (C=O) groups is 1. The van der Waals surface area contributed by atoms with Crippen molar-refractivity contribution in [1.82, 2.24) is 0 Å². The Kier molecular flexibility index (Phi) is 4.14. The van der Waals surface area contributed by atoms with Gasteiger partial charge in [0.15, 0.2) is 0 Å². The fraction of sp³-hybridized carbons (Fsp3) is 0.214. The molecule has 1 N–H and O–H groups in total. The van der Waals surface area contributed by atoms with E-state index in [4.69, 9.17) is 4.42 Å². The molecule has 0 bridgehead atoms. The molecule has 1 aromatic heterocycles. The van der Waals surface area contributed by atoms with Crippen molar-refractivity contribution in [2.75, 3.05) is 5.32 Å². The zero-order chi connectivity index (χ0) is 14.5. The summed E-state index contributed by atoms with van der Waals surface area (Å²) in [5, 5.41) is 13.5. The number of nitro benzene ring substituents is 1. The Labute approximate surface area is 115 Å². The van der Waals surface area contributed by atoms with Crippen LogP contribution in [0.2, 0.25) is 0 Å². The molecule has 1 aromatic carbocycles. The van der Waals surface area contributed by atoms with Gasteiger partial charge in [0.25, 0.3) is 5.69 Å². The van der Waals surface area contributed by atoms with Gasteiger partial charge in [0.05, 0.1) is 22.4 Å². The molecule has 0 aliphatic rings. The Morgan fingerprint density at radius 2 is 2.15 bits per heavy atom. The van der Waals surface area contributed by atoms with E-state index in [1.807, 2.05) is 0 Å². The molecule has 20 heavy (non-hydrogen) atoms. The lowest BCUT2D eigenvalue weighted by Crippen LogP contribution is -2.13. The summed E-state index contributed by atoms with van der Waals surface area (Å²) in [7, 11) is 0. The minimum absolute atomic E-state index is 0.00571. The summed E-state index contributed by atoms with van der Waals surface area (Å²) in [6, 6.07) is 8.16. The summed E-state index contributed by atoms with van der Waals surface area (Å²) in [5.41, 5.74) is 0.904. The van der Waals surface area contributed by atoms with Gasteiger partial charge in [0.1, 0.15) is 5.76 Å². The number of carbonyl (C=O) groups excluding carboxylic acids is 1. The molecule has 0 saturated carbocycles. The number of nitrogens with one attached hydrogen (secondary N) is 1. The molecule has 0 spiro atoms. The topological polar surface area (TPSA) is 85.4 Å². The fourth-order valence-electron chi connectivity index (χ4n) is 1.86. The third-order valence-electron chi connectivity index (χ3n) is 2.95. The minimum Gasteiger partial charge on any atom is -0.469 e. The third kappa shape index (κ3) is 3.23. The van der Waals surface area contributed by atoms with Gasteiger partial charge in [-0.2, -0.15) is 0 Å². The van der Waals surface area contributed by atoms with Crippen molar-refractivity contribution in [2.45, 2.75) is 19.8 Å². The van der Waals surface area contributed by atoms with Gasteiger partial charge in [-0.25, -0.2) is 0 Å². The van der Waals surface area contributed by atoms with Crippen LogP contribution >= 0.6 is 0 Å². The van der Waals surface area contributed by atoms with Crippen molar-refractivity contribution in [1.29, 1.82) is 0 Å². The van der Waals surface area contributed by atoms with Gasteiger partial charge in [-0.1, -0.05) is 6.07 Å². The SMILES string of the molecule is Cc1c(NC(=O)CCc2ccco2)cccc1[N+](=O)[O-]. The number of anilines is 1. The van der Waals surface area contributed by atoms with Crippen LogP contribution < -0.4 is 5.32 Å². The summed E-state index contributed by atoms with van der Waals surface area (Å²) in [4.78, 5) is 22.2. The summed E-state index contributed by atoms with van der Waals surface area (Å²) < 4.78 is 5.14. The van der Waals surface area contributed by atoms with Crippen molar-refractivity contribution < 1.29 is 14.1 Å². The van der Waals surface area contributed by atoms with Crippen LogP contribution in [-0.2, 0) is 11.2 Å². The Bertz CT molecular complexity index is 620. The lowest BCUT2D eigenvalue weighted by molar-refractivity contribution is -0.385. The van der Waals surface area contributed by atoms with Crippen LogP contribution in [-0.4, -0.2) is 10.8 Å². The smallest absolute Gasteiger partial charge is 0.274 e. The summed E-state index contributed by atoms with van der Waals surface area (Å²) in [6.07, 6.45) is 2.31. The Morgan fingerprint density at radius 3 is 2.80 bits per heavy atom. The maximum absolute atomic E-state index is 11.8. The molecule has 0 saturated heterocycles. The molecule has 1 amide bonds. The lowest BCUT2D eigenvalue weighted by atomic mass is 10.1. The highest BCUT2D eigenvalue weighted by Crippen LogP contribution is 2.25. The largest absolute Gasteiger partial charge is 0.469 e. The molecule has 6 nitrogen and oxygen atoms in total. The molecule has 2 aromatic rings. The van der Waals surface area contributed by atoms with Gasteiger partial charge < -0.3 is 9.73 Å². The molecule has 0 unspecified atom stereocenters. The van der Waals surface area contributed by atoms with Crippen molar-refractivity contribution in [3.63, 3.8) is 0 Å². The Morgan fingerprint density at radius 1 is 1.35 bits per heavy atom. The number of benzene rings is 1. The first kappa shape index (κ1) is 13.8. The number of furan rings is 1. The van der Waals surface area contributed by atoms with Gasteiger partial charge in [-0.15, -0.1) is 0 Å². The van der Waals surface area contributed by atoms with Crippen LogP contribution in [0.4, 0.5) is 11.4 Å². The first-order valence-electron chi connectivity index (χ1n) is 6.14. The number of amides is 1. The summed E-state index contributed by atoms with van der Waals surface area (Å²) in [6.45, 7) is 1.61. The van der Waals surface area contributed by atoms with Gasteiger partial charge in [0, 0.05) is 18.9 Å². The van der Waals surface area contributed by atoms with E-state index in [0.29, 0.717) is 17.7 Å².